The van der Waals surface area contributed by atoms with E-state index in [4.69, 9.17) is 16.6 Å². The fraction of sp³-hybridized carbons (Fsp3) is 0. The van der Waals surface area contributed by atoms with Crippen LogP contribution in [0.2, 0.25) is 0 Å². The summed E-state index contributed by atoms with van der Waals surface area (Å²) in [6.07, 6.45) is 0. The molecule has 4 nitrogen and oxygen atoms in total. The maximum Gasteiger partial charge on any atom is 0.337 e. The Labute approximate surface area is 83.8 Å². The van der Waals surface area contributed by atoms with Crippen molar-refractivity contribution >= 4 is 38.8 Å². The lowest BCUT2D eigenvalue weighted by atomic mass is 10.1. The SMILES string of the molecule is Nc1cc2scc(N)c2cc1C(=O)O. The number of carbonyl (C=O) groups is 1. The first kappa shape index (κ1) is 8.83. The molecular weight excluding hydrogens is 200 g/mol. The topological polar surface area (TPSA) is 89.3 Å². The van der Waals surface area contributed by atoms with Crippen molar-refractivity contribution in [2.45, 2.75) is 0 Å². The van der Waals surface area contributed by atoms with E-state index in [2.05, 4.69) is 0 Å². The Morgan fingerprint density at radius 3 is 2.64 bits per heavy atom. The number of carboxylic acid groups (broad SMARTS) is 1. The van der Waals surface area contributed by atoms with Crippen LogP contribution in [0.3, 0.4) is 0 Å². The molecule has 1 heterocycles. The Morgan fingerprint density at radius 1 is 1.29 bits per heavy atom. The van der Waals surface area contributed by atoms with Crippen LogP contribution in [0.15, 0.2) is 17.5 Å². The molecule has 72 valence electrons. The summed E-state index contributed by atoms with van der Waals surface area (Å²) in [6.45, 7) is 0. The zero-order valence-corrected chi connectivity index (χ0v) is 7.97. The number of rotatable bonds is 1. The van der Waals surface area contributed by atoms with E-state index < -0.39 is 5.97 Å². The van der Waals surface area contributed by atoms with Gasteiger partial charge in [-0.1, -0.05) is 0 Å². The van der Waals surface area contributed by atoms with E-state index >= 15 is 0 Å². The summed E-state index contributed by atoms with van der Waals surface area (Å²) >= 11 is 1.45. The van der Waals surface area contributed by atoms with E-state index in [9.17, 15) is 4.79 Å². The summed E-state index contributed by atoms with van der Waals surface area (Å²) in [6, 6.07) is 3.15. The van der Waals surface area contributed by atoms with Crippen molar-refractivity contribution in [1.82, 2.24) is 0 Å². The van der Waals surface area contributed by atoms with Gasteiger partial charge in [-0.15, -0.1) is 11.3 Å². The fourth-order valence-corrected chi connectivity index (χ4v) is 2.17. The lowest BCUT2D eigenvalue weighted by molar-refractivity contribution is 0.0698. The lowest BCUT2D eigenvalue weighted by Gasteiger charge is -2.00. The summed E-state index contributed by atoms with van der Waals surface area (Å²) in [5.74, 6) is -1.03. The molecule has 2 rings (SSSR count). The van der Waals surface area contributed by atoms with Crippen molar-refractivity contribution < 1.29 is 9.90 Å². The van der Waals surface area contributed by atoms with E-state index in [1.54, 1.807) is 11.4 Å². The molecule has 0 spiro atoms. The van der Waals surface area contributed by atoms with Gasteiger partial charge in [-0.05, 0) is 12.1 Å². The number of fused-ring (bicyclic) bond motifs is 1. The molecule has 2 aromatic rings. The van der Waals surface area contributed by atoms with Gasteiger partial charge < -0.3 is 16.6 Å². The molecule has 0 aliphatic heterocycles. The van der Waals surface area contributed by atoms with Crippen molar-refractivity contribution in [2.75, 3.05) is 11.5 Å². The largest absolute Gasteiger partial charge is 0.478 e. The number of hydrogen-bond donors (Lipinski definition) is 3. The van der Waals surface area contributed by atoms with Crippen LogP contribution in [0.5, 0.6) is 0 Å². The number of nitrogens with two attached hydrogens (primary N) is 2. The van der Waals surface area contributed by atoms with Crippen LogP contribution in [0.1, 0.15) is 10.4 Å². The van der Waals surface area contributed by atoms with E-state index in [1.807, 2.05) is 0 Å². The maximum absolute atomic E-state index is 10.8. The minimum Gasteiger partial charge on any atom is -0.478 e. The Morgan fingerprint density at radius 2 is 2.00 bits per heavy atom. The van der Waals surface area contributed by atoms with Gasteiger partial charge >= 0.3 is 5.97 Å². The first-order chi connectivity index (χ1) is 6.59. The van der Waals surface area contributed by atoms with Gasteiger partial charge in [-0.25, -0.2) is 4.79 Å². The molecule has 5 heteroatoms. The van der Waals surface area contributed by atoms with E-state index in [0.29, 0.717) is 5.69 Å². The molecule has 0 aliphatic carbocycles. The van der Waals surface area contributed by atoms with Crippen LogP contribution >= 0.6 is 11.3 Å². The van der Waals surface area contributed by atoms with Crippen molar-refractivity contribution in [3.05, 3.63) is 23.1 Å². The molecule has 0 saturated heterocycles. The molecule has 0 atom stereocenters. The van der Waals surface area contributed by atoms with Gasteiger partial charge in [-0.2, -0.15) is 0 Å². The van der Waals surface area contributed by atoms with E-state index in [0.717, 1.165) is 10.1 Å². The number of hydrogen-bond acceptors (Lipinski definition) is 4. The van der Waals surface area contributed by atoms with E-state index in [1.165, 1.54) is 17.4 Å². The second-order valence-electron chi connectivity index (χ2n) is 2.93. The highest BCUT2D eigenvalue weighted by atomic mass is 32.1. The van der Waals surface area contributed by atoms with Gasteiger partial charge in [0.1, 0.15) is 0 Å². The number of anilines is 2. The van der Waals surface area contributed by atoms with Gasteiger partial charge in [-0.3, -0.25) is 0 Å². The zero-order valence-electron chi connectivity index (χ0n) is 7.15. The van der Waals surface area contributed by atoms with Crippen molar-refractivity contribution in [3.8, 4) is 0 Å². The molecule has 1 aromatic heterocycles. The number of nitrogen functional groups attached to an aromatic ring is 2. The highest BCUT2D eigenvalue weighted by Crippen LogP contribution is 2.31. The molecule has 0 fully saturated rings. The molecule has 0 saturated carbocycles. The third-order valence-electron chi connectivity index (χ3n) is 2.01. The smallest absolute Gasteiger partial charge is 0.337 e. The molecular formula is C9H8N2O2S. The summed E-state index contributed by atoms with van der Waals surface area (Å²) in [5, 5.41) is 11.4. The van der Waals surface area contributed by atoms with Crippen LogP contribution in [-0.2, 0) is 0 Å². The van der Waals surface area contributed by atoms with Crippen molar-refractivity contribution in [3.63, 3.8) is 0 Å². The summed E-state index contributed by atoms with van der Waals surface area (Å²) < 4.78 is 0.907. The summed E-state index contributed by atoms with van der Waals surface area (Å²) in [4.78, 5) is 10.8. The van der Waals surface area contributed by atoms with Crippen molar-refractivity contribution in [2.24, 2.45) is 0 Å². The molecule has 14 heavy (non-hydrogen) atoms. The Hall–Kier alpha value is -1.75. The summed E-state index contributed by atoms with van der Waals surface area (Å²) in [7, 11) is 0. The second kappa shape index (κ2) is 2.88. The Balaban J connectivity index is 2.80. The minimum atomic E-state index is -1.03. The van der Waals surface area contributed by atoms with Gasteiger partial charge in [0.25, 0.3) is 0 Å². The quantitative estimate of drug-likeness (QED) is 0.623. The minimum absolute atomic E-state index is 0.0996. The molecule has 0 amide bonds. The first-order valence-corrected chi connectivity index (χ1v) is 4.77. The molecule has 1 aromatic carbocycles. The van der Waals surface area contributed by atoms with Crippen LogP contribution < -0.4 is 11.5 Å². The van der Waals surface area contributed by atoms with Crippen LogP contribution in [0.25, 0.3) is 10.1 Å². The van der Waals surface area contributed by atoms with Crippen LogP contribution in [0.4, 0.5) is 11.4 Å². The maximum atomic E-state index is 10.8. The molecule has 5 N–H and O–H groups in total. The van der Waals surface area contributed by atoms with Gasteiger partial charge in [0.05, 0.1) is 11.3 Å². The highest BCUT2D eigenvalue weighted by molar-refractivity contribution is 7.17. The average molecular weight is 208 g/mol. The molecule has 0 bridgehead atoms. The van der Waals surface area contributed by atoms with Crippen LogP contribution in [0, 0.1) is 0 Å². The monoisotopic (exact) mass is 208 g/mol. The molecule has 0 radical (unpaired) electrons. The standard InChI is InChI=1S/C9H8N2O2S/c10-6-2-8-4(7(11)3-14-8)1-5(6)9(12)13/h1-3H,10-11H2,(H,12,13). The van der Waals surface area contributed by atoms with Gasteiger partial charge in [0.2, 0.25) is 0 Å². The van der Waals surface area contributed by atoms with Crippen molar-refractivity contribution in [1.29, 1.82) is 0 Å². The lowest BCUT2D eigenvalue weighted by Crippen LogP contribution is -2.01. The average Bonchev–Trinajstić information content (AvgIpc) is 2.46. The highest BCUT2D eigenvalue weighted by Gasteiger charge is 2.11. The fourth-order valence-electron chi connectivity index (χ4n) is 1.29. The Bertz CT molecular complexity index is 519. The number of carboxylic acids is 1. The predicted molar refractivity (Wildman–Crippen MR) is 57.6 cm³/mol. The third-order valence-corrected chi connectivity index (χ3v) is 2.97. The third kappa shape index (κ3) is 1.18. The molecule has 0 unspecified atom stereocenters. The number of aromatic carboxylic acids is 1. The second-order valence-corrected chi connectivity index (χ2v) is 3.84. The predicted octanol–water partition coefficient (Wildman–Crippen LogP) is 1.76. The normalized spacial score (nSPS) is 10.6. The first-order valence-electron chi connectivity index (χ1n) is 3.89. The Kier molecular flexibility index (Phi) is 1.82. The molecule has 0 aliphatic rings. The number of benzene rings is 1. The zero-order chi connectivity index (χ0) is 10.3. The van der Waals surface area contributed by atoms with Crippen LogP contribution in [-0.4, -0.2) is 11.1 Å². The van der Waals surface area contributed by atoms with Gasteiger partial charge in [0.15, 0.2) is 0 Å². The van der Waals surface area contributed by atoms with E-state index in [-0.39, 0.29) is 11.3 Å². The van der Waals surface area contributed by atoms with Gasteiger partial charge in [0, 0.05) is 21.2 Å². The number of thiophene rings is 1. The summed E-state index contributed by atoms with van der Waals surface area (Å²) in [5.41, 5.74) is 12.2.